The molecule has 2 rings (SSSR count). The van der Waals surface area contributed by atoms with Crippen LogP contribution in [0.3, 0.4) is 0 Å². The highest BCUT2D eigenvalue weighted by Gasteiger charge is 2.14. The summed E-state index contributed by atoms with van der Waals surface area (Å²) in [6.45, 7) is 0.505. The molecule has 1 aromatic carbocycles. The topological polar surface area (TPSA) is 87.0 Å². The van der Waals surface area contributed by atoms with Gasteiger partial charge in [0.05, 0.1) is 16.7 Å². The molecule has 2 aromatic rings. The standard InChI is InChI=1S/C13H12N4O2/c14-8-4-3-5-11-9-15-16(10-11)12-6-1-2-7-13(12)17(18)19/h1-2,6-7,9-10H,4,8,14H2. The summed E-state index contributed by atoms with van der Waals surface area (Å²) in [4.78, 5) is 10.5. The molecule has 2 N–H and O–H groups in total. The molecule has 6 nitrogen and oxygen atoms in total. The second kappa shape index (κ2) is 5.80. The van der Waals surface area contributed by atoms with Gasteiger partial charge in [-0.05, 0) is 6.07 Å². The van der Waals surface area contributed by atoms with E-state index in [4.69, 9.17) is 5.73 Å². The van der Waals surface area contributed by atoms with E-state index in [9.17, 15) is 10.1 Å². The van der Waals surface area contributed by atoms with Crippen LogP contribution in [-0.2, 0) is 0 Å². The number of nitro benzene ring substituents is 1. The lowest BCUT2D eigenvalue weighted by Crippen LogP contribution is -1.99. The summed E-state index contributed by atoms with van der Waals surface area (Å²) in [5.74, 6) is 5.79. The van der Waals surface area contributed by atoms with Crippen LogP contribution in [-0.4, -0.2) is 21.2 Å². The van der Waals surface area contributed by atoms with Crippen LogP contribution < -0.4 is 5.73 Å². The van der Waals surface area contributed by atoms with Gasteiger partial charge in [0.25, 0.3) is 5.69 Å². The number of hydrogen-bond donors (Lipinski definition) is 1. The first-order valence-electron chi connectivity index (χ1n) is 5.70. The zero-order chi connectivity index (χ0) is 13.7. The zero-order valence-corrected chi connectivity index (χ0v) is 10.1. The molecule has 0 bridgehead atoms. The number of nitrogens with two attached hydrogens (primary N) is 1. The van der Waals surface area contributed by atoms with Gasteiger partial charge in [-0.25, -0.2) is 4.68 Å². The van der Waals surface area contributed by atoms with Gasteiger partial charge in [0.15, 0.2) is 0 Å². The van der Waals surface area contributed by atoms with Gasteiger partial charge in [0, 0.05) is 25.2 Å². The second-order valence-corrected chi connectivity index (χ2v) is 3.76. The zero-order valence-electron chi connectivity index (χ0n) is 10.1. The maximum absolute atomic E-state index is 10.9. The molecule has 6 heteroatoms. The average molecular weight is 256 g/mol. The van der Waals surface area contributed by atoms with Crippen LogP contribution in [0.2, 0.25) is 0 Å². The van der Waals surface area contributed by atoms with Crippen LogP contribution in [0.4, 0.5) is 5.69 Å². The number of benzene rings is 1. The quantitative estimate of drug-likeness (QED) is 0.512. The minimum atomic E-state index is -0.434. The van der Waals surface area contributed by atoms with Crippen molar-refractivity contribution in [3.05, 3.63) is 52.3 Å². The molecule has 19 heavy (non-hydrogen) atoms. The van der Waals surface area contributed by atoms with Crippen molar-refractivity contribution in [2.24, 2.45) is 5.73 Å². The summed E-state index contributed by atoms with van der Waals surface area (Å²) in [5.41, 5.74) is 6.47. The molecular weight excluding hydrogens is 244 g/mol. The number of aromatic nitrogens is 2. The molecule has 0 aliphatic carbocycles. The maximum Gasteiger partial charge on any atom is 0.294 e. The number of rotatable bonds is 3. The highest BCUT2D eigenvalue weighted by atomic mass is 16.6. The van der Waals surface area contributed by atoms with E-state index in [1.54, 1.807) is 30.6 Å². The SMILES string of the molecule is NCCC#Cc1cnn(-c2ccccc2[N+](=O)[O-])c1. The van der Waals surface area contributed by atoms with Crippen LogP contribution in [0.25, 0.3) is 5.69 Å². The number of nitrogens with zero attached hydrogens (tertiary/aromatic N) is 3. The first-order valence-corrected chi connectivity index (χ1v) is 5.70. The number of nitro groups is 1. The minimum absolute atomic E-state index is 0.00654. The van der Waals surface area contributed by atoms with E-state index in [2.05, 4.69) is 16.9 Å². The Labute approximate surface area is 110 Å². The molecule has 0 aliphatic heterocycles. The fourth-order valence-corrected chi connectivity index (χ4v) is 1.57. The van der Waals surface area contributed by atoms with Crippen molar-refractivity contribution in [3.8, 4) is 17.5 Å². The maximum atomic E-state index is 10.9. The van der Waals surface area contributed by atoms with Crippen LogP contribution in [0.15, 0.2) is 36.7 Å². The van der Waals surface area contributed by atoms with E-state index >= 15 is 0 Å². The van der Waals surface area contributed by atoms with Gasteiger partial charge in [-0.2, -0.15) is 5.10 Å². The number of hydrogen-bond acceptors (Lipinski definition) is 4. The van der Waals surface area contributed by atoms with E-state index in [0.717, 1.165) is 0 Å². The Kier molecular flexibility index (Phi) is 3.90. The van der Waals surface area contributed by atoms with E-state index in [1.165, 1.54) is 10.7 Å². The molecule has 0 saturated carbocycles. The Morgan fingerprint density at radius 1 is 1.42 bits per heavy atom. The van der Waals surface area contributed by atoms with Gasteiger partial charge in [0.2, 0.25) is 0 Å². The van der Waals surface area contributed by atoms with Crippen molar-refractivity contribution in [1.29, 1.82) is 0 Å². The van der Waals surface area contributed by atoms with E-state index in [0.29, 0.717) is 24.2 Å². The minimum Gasteiger partial charge on any atom is -0.330 e. The third kappa shape index (κ3) is 2.97. The van der Waals surface area contributed by atoms with Crippen LogP contribution in [0.1, 0.15) is 12.0 Å². The van der Waals surface area contributed by atoms with Crippen molar-refractivity contribution >= 4 is 5.69 Å². The van der Waals surface area contributed by atoms with Gasteiger partial charge in [0.1, 0.15) is 5.69 Å². The van der Waals surface area contributed by atoms with Crippen molar-refractivity contribution in [1.82, 2.24) is 9.78 Å². The van der Waals surface area contributed by atoms with Crippen molar-refractivity contribution in [2.75, 3.05) is 6.54 Å². The lowest BCUT2D eigenvalue weighted by Gasteiger charge is -2.01. The van der Waals surface area contributed by atoms with Gasteiger partial charge >= 0.3 is 0 Å². The Bertz CT molecular complexity index is 652. The molecule has 0 fully saturated rings. The normalized spacial score (nSPS) is 9.74. The predicted octanol–water partition coefficient (Wildman–Crippen LogP) is 1.48. The lowest BCUT2D eigenvalue weighted by atomic mass is 10.2. The van der Waals surface area contributed by atoms with Gasteiger partial charge in [-0.1, -0.05) is 24.0 Å². The smallest absolute Gasteiger partial charge is 0.294 e. The molecule has 1 aromatic heterocycles. The first-order chi connectivity index (χ1) is 9.22. The van der Waals surface area contributed by atoms with E-state index < -0.39 is 4.92 Å². The molecule has 96 valence electrons. The lowest BCUT2D eigenvalue weighted by molar-refractivity contribution is -0.384. The van der Waals surface area contributed by atoms with Crippen molar-refractivity contribution in [3.63, 3.8) is 0 Å². The largest absolute Gasteiger partial charge is 0.330 e. The molecule has 0 spiro atoms. The Morgan fingerprint density at radius 3 is 2.95 bits per heavy atom. The fourth-order valence-electron chi connectivity index (χ4n) is 1.57. The molecule has 0 saturated heterocycles. The molecular formula is C13H12N4O2. The monoisotopic (exact) mass is 256 g/mol. The summed E-state index contributed by atoms with van der Waals surface area (Å²) in [6, 6.07) is 6.43. The van der Waals surface area contributed by atoms with Gasteiger partial charge < -0.3 is 5.73 Å². The highest BCUT2D eigenvalue weighted by molar-refractivity contribution is 5.52. The second-order valence-electron chi connectivity index (χ2n) is 3.76. The molecule has 1 heterocycles. The van der Waals surface area contributed by atoms with Crippen molar-refractivity contribution in [2.45, 2.75) is 6.42 Å². The summed E-state index contributed by atoms with van der Waals surface area (Å²) in [5, 5.41) is 15.0. The Balaban J connectivity index is 2.34. The molecule has 0 atom stereocenters. The fraction of sp³-hybridized carbons (Fsp3) is 0.154. The average Bonchev–Trinajstić information content (AvgIpc) is 2.88. The first kappa shape index (κ1) is 12.8. The van der Waals surface area contributed by atoms with Crippen LogP contribution in [0.5, 0.6) is 0 Å². The molecule has 0 aliphatic rings. The molecule has 0 amide bonds. The predicted molar refractivity (Wildman–Crippen MR) is 70.8 cm³/mol. The van der Waals surface area contributed by atoms with E-state index in [-0.39, 0.29) is 5.69 Å². The Hall–Kier alpha value is -2.65. The number of para-hydroxylation sites is 2. The summed E-state index contributed by atoms with van der Waals surface area (Å²) >= 11 is 0. The van der Waals surface area contributed by atoms with Gasteiger partial charge in [-0.15, -0.1) is 0 Å². The van der Waals surface area contributed by atoms with E-state index in [1.807, 2.05) is 0 Å². The van der Waals surface area contributed by atoms with Crippen LogP contribution in [0, 0.1) is 22.0 Å². The summed E-state index contributed by atoms with van der Waals surface area (Å²) in [7, 11) is 0. The van der Waals surface area contributed by atoms with Gasteiger partial charge in [-0.3, -0.25) is 10.1 Å². The third-order valence-corrected chi connectivity index (χ3v) is 2.41. The summed E-state index contributed by atoms with van der Waals surface area (Å²) < 4.78 is 1.45. The summed E-state index contributed by atoms with van der Waals surface area (Å²) in [6.07, 6.45) is 3.84. The molecule has 0 unspecified atom stereocenters. The Morgan fingerprint density at radius 2 is 2.21 bits per heavy atom. The third-order valence-electron chi connectivity index (χ3n) is 2.41. The van der Waals surface area contributed by atoms with Crippen LogP contribution >= 0.6 is 0 Å². The molecule has 0 radical (unpaired) electrons. The van der Waals surface area contributed by atoms with Crippen molar-refractivity contribution < 1.29 is 4.92 Å². The highest BCUT2D eigenvalue weighted by Crippen LogP contribution is 2.21.